The number of nitrogens with zero attached hydrogens (tertiary/aromatic N) is 3. The summed E-state index contributed by atoms with van der Waals surface area (Å²) in [5.41, 5.74) is 1.28. The van der Waals surface area contributed by atoms with Crippen LogP contribution in [0.15, 0.2) is 35.1 Å². The summed E-state index contributed by atoms with van der Waals surface area (Å²) in [4.78, 5) is 21.0. The predicted molar refractivity (Wildman–Crippen MR) is 82.7 cm³/mol. The highest BCUT2D eigenvalue weighted by Crippen LogP contribution is 2.18. The smallest absolute Gasteiger partial charge is 0.274 e. The van der Waals surface area contributed by atoms with Crippen LogP contribution in [-0.4, -0.2) is 19.6 Å². The molecule has 0 aliphatic rings. The number of hydrogen-bond acceptors (Lipinski definition) is 3. The highest BCUT2D eigenvalue weighted by molar-refractivity contribution is 6.30. The van der Waals surface area contributed by atoms with E-state index in [4.69, 9.17) is 11.6 Å². The fourth-order valence-electron chi connectivity index (χ4n) is 2.15. The Morgan fingerprint density at radius 3 is 2.71 bits per heavy atom. The Balaban J connectivity index is 2.05. The first-order valence-corrected chi connectivity index (χ1v) is 7.30. The van der Waals surface area contributed by atoms with Crippen molar-refractivity contribution < 1.29 is 0 Å². The van der Waals surface area contributed by atoms with Gasteiger partial charge in [0, 0.05) is 23.1 Å². The van der Waals surface area contributed by atoms with E-state index in [0.29, 0.717) is 16.5 Å². The van der Waals surface area contributed by atoms with Gasteiger partial charge in [-0.1, -0.05) is 37.1 Å². The third kappa shape index (κ3) is 2.83. The average molecular weight is 303 g/mol. The van der Waals surface area contributed by atoms with E-state index < -0.39 is 0 Å². The van der Waals surface area contributed by atoms with E-state index in [1.54, 1.807) is 12.1 Å². The largest absolute Gasteiger partial charge is 0.275 e. The van der Waals surface area contributed by atoms with Crippen LogP contribution in [0.4, 0.5) is 0 Å². The van der Waals surface area contributed by atoms with Crippen LogP contribution < -0.4 is 5.56 Å². The topological polar surface area (TPSA) is 63.1 Å². The summed E-state index contributed by atoms with van der Waals surface area (Å²) in [7, 11) is 0. The Morgan fingerprint density at radius 2 is 2.00 bits per heavy atom. The van der Waals surface area contributed by atoms with E-state index in [-0.39, 0.29) is 5.56 Å². The maximum Gasteiger partial charge on any atom is 0.274 e. The van der Waals surface area contributed by atoms with Gasteiger partial charge in [-0.25, -0.2) is 4.98 Å². The molecule has 1 N–H and O–H groups in total. The van der Waals surface area contributed by atoms with Crippen LogP contribution >= 0.6 is 11.6 Å². The normalized spacial score (nSPS) is 11.1. The molecule has 2 aromatic heterocycles. The number of H-pyrrole nitrogens is 1. The molecule has 0 saturated carbocycles. The van der Waals surface area contributed by atoms with Gasteiger partial charge in [0.05, 0.1) is 5.69 Å². The highest BCUT2D eigenvalue weighted by atomic mass is 35.5. The monoisotopic (exact) mass is 302 g/mol. The zero-order valence-electron chi connectivity index (χ0n) is 11.6. The molecule has 0 bridgehead atoms. The molecule has 21 heavy (non-hydrogen) atoms. The van der Waals surface area contributed by atoms with Crippen LogP contribution in [0.25, 0.3) is 17.0 Å². The standard InChI is InChI=1S/C15H15ClN4O/c1-2-3-4-13-18-15-17-12(9-14(21)20(15)19-13)10-5-7-11(16)8-6-10/h5-9H,2-4H2,1H3,(H,17,18,19). The molecule has 0 radical (unpaired) electrons. The van der Waals surface area contributed by atoms with Gasteiger partial charge in [-0.2, -0.15) is 9.50 Å². The lowest BCUT2D eigenvalue weighted by Gasteiger charge is -2.00. The molecule has 0 atom stereocenters. The number of hydrogen-bond donors (Lipinski definition) is 1. The van der Waals surface area contributed by atoms with Gasteiger partial charge in [0.25, 0.3) is 11.3 Å². The number of unbranched alkanes of at least 4 members (excludes halogenated alkanes) is 1. The summed E-state index contributed by atoms with van der Waals surface area (Å²) in [5.74, 6) is 1.19. The Hall–Kier alpha value is -2.14. The molecule has 0 aliphatic heterocycles. The number of nitrogens with one attached hydrogen (secondary N) is 1. The summed E-state index contributed by atoms with van der Waals surface area (Å²) in [5, 5.41) is 3.65. The first-order valence-electron chi connectivity index (χ1n) is 6.92. The molecule has 108 valence electrons. The molecule has 0 fully saturated rings. The van der Waals surface area contributed by atoms with Gasteiger partial charge in [-0.05, 0) is 18.6 Å². The third-order valence-electron chi connectivity index (χ3n) is 3.28. The van der Waals surface area contributed by atoms with E-state index in [1.165, 1.54) is 10.6 Å². The molecule has 6 heteroatoms. The van der Waals surface area contributed by atoms with Crippen molar-refractivity contribution in [3.05, 3.63) is 51.5 Å². The van der Waals surface area contributed by atoms with Crippen LogP contribution in [0.5, 0.6) is 0 Å². The Morgan fingerprint density at radius 1 is 1.24 bits per heavy atom. The molecule has 0 spiro atoms. The predicted octanol–water partition coefficient (Wildman–Crippen LogP) is 3.08. The number of rotatable bonds is 4. The van der Waals surface area contributed by atoms with E-state index >= 15 is 0 Å². The van der Waals surface area contributed by atoms with E-state index in [1.807, 2.05) is 12.1 Å². The van der Waals surface area contributed by atoms with Gasteiger partial charge in [0.2, 0.25) is 0 Å². The SMILES string of the molecule is CCCCc1nc2nc(-c3ccc(Cl)cc3)cc(=O)n2[nH]1. The minimum Gasteiger partial charge on any atom is -0.275 e. The minimum absolute atomic E-state index is 0.166. The van der Waals surface area contributed by atoms with Crippen LogP contribution in [0.3, 0.4) is 0 Å². The van der Waals surface area contributed by atoms with Crippen molar-refractivity contribution in [3.8, 4) is 11.3 Å². The summed E-state index contributed by atoms with van der Waals surface area (Å²) < 4.78 is 1.38. The summed E-state index contributed by atoms with van der Waals surface area (Å²) in [6, 6.07) is 8.73. The quantitative estimate of drug-likeness (QED) is 0.805. The van der Waals surface area contributed by atoms with Gasteiger partial charge in [0.15, 0.2) is 0 Å². The second-order valence-electron chi connectivity index (χ2n) is 4.90. The Labute approximate surface area is 126 Å². The number of aromatic nitrogens is 4. The molecular weight excluding hydrogens is 288 g/mol. The molecule has 2 heterocycles. The minimum atomic E-state index is -0.166. The number of halogens is 1. The Kier molecular flexibility index (Phi) is 3.75. The summed E-state index contributed by atoms with van der Waals surface area (Å²) in [6.07, 6.45) is 2.92. The van der Waals surface area contributed by atoms with Crippen LogP contribution in [0, 0.1) is 0 Å². The number of fused-ring (bicyclic) bond motifs is 1. The van der Waals surface area contributed by atoms with Crippen LogP contribution in [-0.2, 0) is 6.42 Å². The maximum absolute atomic E-state index is 12.2. The van der Waals surface area contributed by atoms with Crippen molar-refractivity contribution in [1.29, 1.82) is 0 Å². The van der Waals surface area contributed by atoms with Crippen molar-refractivity contribution in [2.24, 2.45) is 0 Å². The van der Waals surface area contributed by atoms with Crippen LogP contribution in [0.1, 0.15) is 25.6 Å². The second-order valence-corrected chi connectivity index (χ2v) is 5.33. The van der Waals surface area contributed by atoms with Crippen molar-refractivity contribution in [2.75, 3.05) is 0 Å². The van der Waals surface area contributed by atoms with Gasteiger partial charge in [-0.3, -0.25) is 9.89 Å². The fraction of sp³-hybridized carbons (Fsp3) is 0.267. The summed E-state index contributed by atoms with van der Waals surface area (Å²) >= 11 is 5.87. The third-order valence-corrected chi connectivity index (χ3v) is 3.54. The molecule has 0 amide bonds. The van der Waals surface area contributed by atoms with Gasteiger partial charge >= 0.3 is 0 Å². The zero-order valence-corrected chi connectivity index (χ0v) is 12.4. The lowest BCUT2D eigenvalue weighted by Crippen LogP contribution is -2.14. The lowest BCUT2D eigenvalue weighted by molar-refractivity contribution is 0.744. The van der Waals surface area contributed by atoms with E-state index in [2.05, 4.69) is 22.0 Å². The number of aryl methyl sites for hydroxylation is 1. The molecular formula is C15H15ClN4O. The Bertz CT molecular complexity index is 820. The van der Waals surface area contributed by atoms with E-state index in [0.717, 1.165) is 30.7 Å². The maximum atomic E-state index is 12.2. The van der Waals surface area contributed by atoms with Gasteiger partial charge in [-0.15, -0.1) is 0 Å². The fourth-order valence-corrected chi connectivity index (χ4v) is 2.28. The second kappa shape index (κ2) is 5.69. The van der Waals surface area contributed by atoms with Crippen LogP contribution in [0.2, 0.25) is 5.02 Å². The molecule has 3 aromatic rings. The molecule has 3 rings (SSSR count). The van der Waals surface area contributed by atoms with Crippen molar-refractivity contribution in [3.63, 3.8) is 0 Å². The van der Waals surface area contributed by atoms with Crippen molar-refractivity contribution in [1.82, 2.24) is 19.6 Å². The molecule has 1 aromatic carbocycles. The zero-order chi connectivity index (χ0) is 14.8. The van der Waals surface area contributed by atoms with Crippen molar-refractivity contribution >= 4 is 17.4 Å². The average Bonchev–Trinajstić information content (AvgIpc) is 2.89. The number of aromatic amines is 1. The number of benzene rings is 1. The first kappa shape index (κ1) is 13.8. The van der Waals surface area contributed by atoms with Crippen molar-refractivity contribution in [2.45, 2.75) is 26.2 Å². The molecule has 0 unspecified atom stereocenters. The molecule has 0 saturated heterocycles. The van der Waals surface area contributed by atoms with Gasteiger partial charge < -0.3 is 0 Å². The highest BCUT2D eigenvalue weighted by Gasteiger charge is 2.09. The summed E-state index contributed by atoms with van der Waals surface area (Å²) in [6.45, 7) is 2.12. The first-order chi connectivity index (χ1) is 10.2. The van der Waals surface area contributed by atoms with E-state index in [9.17, 15) is 4.79 Å². The molecule has 5 nitrogen and oxygen atoms in total. The van der Waals surface area contributed by atoms with Gasteiger partial charge in [0.1, 0.15) is 5.82 Å². The lowest BCUT2D eigenvalue weighted by atomic mass is 10.1. The molecule has 0 aliphatic carbocycles.